The summed E-state index contributed by atoms with van der Waals surface area (Å²) in [6, 6.07) is 0. The molecule has 0 aromatic carbocycles. The highest BCUT2D eigenvalue weighted by molar-refractivity contribution is 5.14. The molecule has 0 atom stereocenters. The Kier molecular flexibility index (Phi) is 2.72. The maximum atomic E-state index is 4.06. The third-order valence-corrected chi connectivity index (χ3v) is 3.00. The van der Waals surface area contributed by atoms with Crippen molar-refractivity contribution in [1.29, 1.82) is 0 Å². The molecule has 0 aromatic heterocycles. The standard InChI is InChI=1S/C10H19N/c1-9(2)10(11-3)7-5-4-6-8-10/h11H,1,4-8H2,2-3H3. The summed E-state index contributed by atoms with van der Waals surface area (Å²) < 4.78 is 0. The van der Waals surface area contributed by atoms with Crippen LogP contribution < -0.4 is 5.32 Å². The molecule has 0 spiro atoms. The van der Waals surface area contributed by atoms with Crippen LogP contribution in [0.3, 0.4) is 0 Å². The maximum absolute atomic E-state index is 4.06. The molecule has 0 aliphatic heterocycles. The first-order chi connectivity index (χ1) is 5.21. The maximum Gasteiger partial charge on any atom is 0.0386 e. The zero-order chi connectivity index (χ0) is 8.32. The Balaban J connectivity index is 2.64. The fourth-order valence-corrected chi connectivity index (χ4v) is 2.05. The van der Waals surface area contributed by atoms with Crippen molar-refractivity contribution in [3.63, 3.8) is 0 Å². The van der Waals surface area contributed by atoms with E-state index < -0.39 is 0 Å². The van der Waals surface area contributed by atoms with Crippen molar-refractivity contribution in [3.8, 4) is 0 Å². The highest BCUT2D eigenvalue weighted by atomic mass is 14.9. The van der Waals surface area contributed by atoms with Crippen LogP contribution in [0.25, 0.3) is 0 Å². The number of nitrogens with one attached hydrogen (secondary N) is 1. The number of rotatable bonds is 2. The average Bonchev–Trinajstić information content (AvgIpc) is 2.05. The second-order valence-electron chi connectivity index (χ2n) is 3.67. The van der Waals surface area contributed by atoms with Gasteiger partial charge in [-0.1, -0.05) is 31.4 Å². The summed E-state index contributed by atoms with van der Waals surface area (Å²) in [7, 11) is 2.06. The summed E-state index contributed by atoms with van der Waals surface area (Å²) in [6.07, 6.45) is 6.66. The molecule has 64 valence electrons. The number of hydrogen-bond acceptors (Lipinski definition) is 1. The molecule has 0 amide bonds. The molecule has 1 aliphatic carbocycles. The summed E-state index contributed by atoms with van der Waals surface area (Å²) in [5.74, 6) is 0. The quantitative estimate of drug-likeness (QED) is 0.601. The van der Waals surface area contributed by atoms with Gasteiger partial charge in [-0.3, -0.25) is 0 Å². The fourth-order valence-electron chi connectivity index (χ4n) is 2.05. The molecule has 1 heteroatoms. The molecule has 0 unspecified atom stereocenters. The minimum Gasteiger partial charge on any atom is -0.311 e. The summed E-state index contributed by atoms with van der Waals surface area (Å²) in [5.41, 5.74) is 1.58. The SMILES string of the molecule is C=C(C)C1(NC)CCCCC1. The van der Waals surface area contributed by atoms with Gasteiger partial charge in [0.25, 0.3) is 0 Å². The Bertz CT molecular complexity index is 143. The van der Waals surface area contributed by atoms with Crippen molar-refractivity contribution in [2.75, 3.05) is 7.05 Å². The van der Waals surface area contributed by atoms with Crippen molar-refractivity contribution < 1.29 is 0 Å². The van der Waals surface area contributed by atoms with E-state index in [0.29, 0.717) is 0 Å². The smallest absolute Gasteiger partial charge is 0.0386 e. The predicted octanol–water partition coefficient (Wildman–Crippen LogP) is 2.48. The molecule has 1 nitrogen and oxygen atoms in total. The van der Waals surface area contributed by atoms with E-state index in [1.54, 1.807) is 0 Å². The van der Waals surface area contributed by atoms with Crippen molar-refractivity contribution >= 4 is 0 Å². The van der Waals surface area contributed by atoms with Crippen LogP contribution in [-0.2, 0) is 0 Å². The molecule has 11 heavy (non-hydrogen) atoms. The lowest BCUT2D eigenvalue weighted by Gasteiger charge is -2.37. The minimum atomic E-state index is 0.276. The van der Waals surface area contributed by atoms with Crippen molar-refractivity contribution in [2.24, 2.45) is 0 Å². The Morgan fingerprint density at radius 2 is 1.82 bits per heavy atom. The van der Waals surface area contributed by atoms with E-state index in [1.807, 2.05) is 0 Å². The van der Waals surface area contributed by atoms with Crippen LogP contribution in [0.4, 0.5) is 0 Å². The predicted molar refractivity (Wildman–Crippen MR) is 49.7 cm³/mol. The topological polar surface area (TPSA) is 12.0 Å². The lowest BCUT2D eigenvalue weighted by atomic mass is 9.77. The summed E-state index contributed by atoms with van der Waals surface area (Å²) in [6.45, 7) is 6.20. The molecule has 1 fully saturated rings. The lowest BCUT2D eigenvalue weighted by Crippen LogP contribution is -2.45. The Morgan fingerprint density at radius 3 is 2.09 bits per heavy atom. The van der Waals surface area contributed by atoms with Gasteiger partial charge in [-0.2, -0.15) is 0 Å². The molecule has 0 radical (unpaired) electrons. The third kappa shape index (κ3) is 1.64. The number of likely N-dealkylation sites (N-methyl/N-ethyl adjacent to an activating group) is 1. The normalized spacial score (nSPS) is 23.1. The first-order valence-electron chi connectivity index (χ1n) is 4.56. The van der Waals surface area contributed by atoms with Crippen LogP contribution in [0.1, 0.15) is 39.0 Å². The Labute approximate surface area is 69.9 Å². The largest absolute Gasteiger partial charge is 0.311 e. The zero-order valence-corrected chi connectivity index (χ0v) is 7.74. The second kappa shape index (κ2) is 3.40. The van der Waals surface area contributed by atoms with Gasteiger partial charge >= 0.3 is 0 Å². The summed E-state index contributed by atoms with van der Waals surface area (Å²) in [5, 5.41) is 3.42. The van der Waals surface area contributed by atoms with Crippen LogP contribution in [0.15, 0.2) is 12.2 Å². The van der Waals surface area contributed by atoms with Crippen LogP contribution in [0.5, 0.6) is 0 Å². The monoisotopic (exact) mass is 153 g/mol. The zero-order valence-electron chi connectivity index (χ0n) is 7.74. The lowest BCUT2D eigenvalue weighted by molar-refractivity contribution is 0.292. The van der Waals surface area contributed by atoms with E-state index in [9.17, 15) is 0 Å². The van der Waals surface area contributed by atoms with Crippen LogP contribution >= 0.6 is 0 Å². The van der Waals surface area contributed by atoms with Gasteiger partial charge in [0.05, 0.1) is 0 Å². The van der Waals surface area contributed by atoms with E-state index in [1.165, 1.54) is 37.7 Å². The number of hydrogen-bond donors (Lipinski definition) is 1. The fraction of sp³-hybridized carbons (Fsp3) is 0.800. The molecule has 0 saturated heterocycles. The van der Waals surface area contributed by atoms with Crippen LogP contribution in [0, 0.1) is 0 Å². The highest BCUT2D eigenvalue weighted by Crippen LogP contribution is 2.32. The van der Waals surface area contributed by atoms with Gasteiger partial charge < -0.3 is 5.32 Å². The van der Waals surface area contributed by atoms with E-state index in [0.717, 1.165) is 0 Å². The van der Waals surface area contributed by atoms with Crippen molar-refractivity contribution in [3.05, 3.63) is 12.2 Å². The van der Waals surface area contributed by atoms with Gasteiger partial charge in [0, 0.05) is 5.54 Å². The Morgan fingerprint density at radius 1 is 1.27 bits per heavy atom. The third-order valence-electron chi connectivity index (χ3n) is 3.00. The first kappa shape index (κ1) is 8.79. The van der Waals surface area contributed by atoms with Crippen LogP contribution in [-0.4, -0.2) is 12.6 Å². The molecule has 0 bridgehead atoms. The minimum absolute atomic E-state index is 0.276. The van der Waals surface area contributed by atoms with Gasteiger partial charge in [0.15, 0.2) is 0 Å². The van der Waals surface area contributed by atoms with E-state index >= 15 is 0 Å². The van der Waals surface area contributed by atoms with Gasteiger partial charge in [-0.25, -0.2) is 0 Å². The van der Waals surface area contributed by atoms with Crippen LogP contribution in [0.2, 0.25) is 0 Å². The Hall–Kier alpha value is -0.300. The van der Waals surface area contributed by atoms with E-state index in [2.05, 4.69) is 25.9 Å². The van der Waals surface area contributed by atoms with Gasteiger partial charge in [0.1, 0.15) is 0 Å². The molecule has 0 aromatic rings. The van der Waals surface area contributed by atoms with Gasteiger partial charge in [0.2, 0.25) is 0 Å². The summed E-state index contributed by atoms with van der Waals surface area (Å²) in [4.78, 5) is 0. The molecular formula is C10H19N. The molecule has 1 saturated carbocycles. The molecule has 0 heterocycles. The van der Waals surface area contributed by atoms with Gasteiger partial charge in [-0.05, 0) is 26.8 Å². The van der Waals surface area contributed by atoms with Gasteiger partial charge in [-0.15, -0.1) is 0 Å². The molecular weight excluding hydrogens is 134 g/mol. The molecule has 1 N–H and O–H groups in total. The first-order valence-corrected chi connectivity index (χ1v) is 4.56. The highest BCUT2D eigenvalue weighted by Gasteiger charge is 2.30. The van der Waals surface area contributed by atoms with E-state index in [-0.39, 0.29) is 5.54 Å². The summed E-state index contributed by atoms with van der Waals surface area (Å²) >= 11 is 0. The van der Waals surface area contributed by atoms with Crippen molar-refractivity contribution in [2.45, 2.75) is 44.6 Å². The average molecular weight is 153 g/mol. The van der Waals surface area contributed by atoms with E-state index in [4.69, 9.17) is 0 Å². The second-order valence-corrected chi connectivity index (χ2v) is 3.67. The molecule has 1 rings (SSSR count). The van der Waals surface area contributed by atoms with Crippen molar-refractivity contribution in [1.82, 2.24) is 5.32 Å². The molecule has 1 aliphatic rings.